The molecule has 1 atom stereocenters. The summed E-state index contributed by atoms with van der Waals surface area (Å²) in [5.74, 6) is 0.931. The maximum Gasteiger partial charge on any atom is 0.240 e. The van der Waals surface area contributed by atoms with Crippen molar-refractivity contribution in [2.45, 2.75) is 57.5 Å². The Kier molecular flexibility index (Phi) is 6.12. The Morgan fingerprint density at radius 3 is 2.57 bits per heavy atom. The lowest BCUT2D eigenvalue weighted by molar-refractivity contribution is -0.126. The van der Waals surface area contributed by atoms with Crippen LogP contribution < -0.4 is 11.1 Å². The van der Waals surface area contributed by atoms with E-state index >= 15 is 0 Å². The zero-order valence-electron chi connectivity index (χ0n) is 14.5. The van der Waals surface area contributed by atoms with E-state index in [0.717, 1.165) is 25.7 Å². The fourth-order valence-electron chi connectivity index (χ4n) is 2.99. The number of nitrogens with one attached hydrogen (secondary N) is 1. The molecule has 2 rings (SSSR count). The number of carbonyl (C=O) groups is 1. The van der Waals surface area contributed by atoms with Crippen LogP contribution in [0.1, 0.15) is 57.2 Å². The Balaban J connectivity index is 2.25. The first kappa shape index (κ1) is 17.9. The van der Waals surface area contributed by atoms with Crippen LogP contribution in [0.4, 0.5) is 0 Å². The van der Waals surface area contributed by atoms with Crippen molar-refractivity contribution in [1.29, 1.82) is 0 Å². The molecule has 130 valence electrons. The van der Waals surface area contributed by atoms with Gasteiger partial charge in [-0.15, -0.1) is 0 Å². The zero-order valence-corrected chi connectivity index (χ0v) is 14.5. The van der Waals surface area contributed by atoms with Crippen LogP contribution in [0.5, 0.6) is 0 Å². The molecule has 1 aliphatic rings. The predicted molar refractivity (Wildman–Crippen MR) is 87.4 cm³/mol. The van der Waals surface area contributed by atoms with Crippen molar-refractivity contribution in [3.8, 4) is 0 Å². The van der Waals surface area contributed by atoms with Gasteiger partial charge in [-0.25, -0.2) is 0 Å². The van der Waals surface area contributed by atoms with Crippen LogP contribution >= 0.6 is 0 Å². The summed E-state index contributed by atoms with van der Waals surface area (Å²) in [4.78, 5) is 19.0. The van der Waals surface area contributed by atoms with Crippen molar-refractivity contribution >= 4 is 5.91 Å². The maximum atomic E-state index is 12.4. The highest BCUT2D eigenvalue weighted by molar-refractivity contribution is 5.79. The first-order valence-electron chi connectivity index (χ1n) is 8.47. The molecule has 7 nitrogen and oxygen atoms in total. The molecule has 1 saturated carbocycles. The summed E-state index contributed by atoms with van der Waals surface area (Å²) in [6.07, 6.45) is 6.14. The second kappa shape index (κ2) is 7.88. The third kappa shape index (κ3) is 4.51. The maximum absolute atomic E-state index is 12.4. The van der Waals surface area contributed by atoms with Crippen molar-refractivity contribution in [1.82, 2.24) is 20.4 Å². The van der Waals surface area contributed by atoms with Gasteiger partial charge in [-0.05, 0) is 26.9 Å². The highest BCUT2D eigenvalue weighted by Gasteiger charge is 2.39. The van der Waals surface area contributed by atoms with Crippen molar-refractivity contribution in [3.05, 3.63) is 11.7 Å². The number of aromatic nitrogens is 2. The standard InChI is InChI=1S/C16H29N5O2/c1-12(10-17)14(22)19-16(8-6-4-5-7-9-16)15-18-13(23-20-15)11-21(2)3/h12H,4-11,17H2,1-3H3,(H,19,22). The van der Waals surface area contributed by atoms with Crippen molar-refractivity contribution < 1.29 is 9.32 Å². The van der Waals surface area contributed by atoms with Gasteiger partial charge in [0.2, 0.25) is 11.8 Å². The molecule has 1 fully saturated rings. The molecule has 0 saturated heterocycles. The van der Waals surface area contributed by atoms with Gasteiger partial charge in [-0.3, -0.25) is 4.79 Å². The predicted octanol–water partition coefficient (Wildman–Crippen LogP) is 1.39. The number of amides is 1. The first-order chi connectivity index (χ1) is 11.0. The molecule has 23 heavy (non-hydrogen) atoms. The normalized spacial score (nSPS) is 19.3. The number of rotatable bonds is 6. The second-order valence-corrected chi connectivity index (χ2v) is 6.87. The Bertz CT molecular complexity index is 506. The van der Waals surface area contributed by atoms with Crippen LogP contribution in [0.3, 0.4) is 0 Å². The fourth-order valence-corrected chi connectivity index (χ4v) is 2.99. The number of carbonyl (C=O) groups excluding carboxylic acids is 1. The number of hydrogen-bond acceptors (Lipinski definition) is 6. The summed E-state index contributed by atoms with van der Waals surface area (Å²) in [6, 6.07) is 0. The van der Waals surface area contributed by atoms with E-state index in [4.69, 9.17) is 10.3 Å². The van der Waals surface area contributed by atoms with Crippen molar-refractivity contribution in [2.75, 3.05) is 20.6 Å². The molecule has 0 spiro atoms. The monoisotopic (exact) mass is 323 g/mol. The summed E-state index contributed by atoms with van der Waals surface area (Å²) >= 11 is 0. The van der Waals surface area contributed by atoms with Gasteiger partial charge < -0.3 is 20.5 Å². The highest BCUT2D eigenvalue weighted by Crippen LogP contribution is 2.35. The Morgan fingerprint density at radius 1 is 1.35 bits per heavy atom. The quantitative estimate of drug-likeness (QED) is 0.768. The minimum Gasteiger partial charge on any atom is -0.343 e. The lowest BCUT2D eigenvalue weighted by Gasteiger charge is -2.31. The van der Waals surface area contributed by atoms with Crippen LogP contribution in [0.25, 0.3) is 0 Å². The largest absolute Gasteiger partial charge is 0.343 e. The van der Waals surface area contributed by atoms with E-state index < -0.39 is 5.54 Å². The van der Waals surface area contributed by atoms with Crippen LogP contribution in [0, 0.1) is 5.92 Å². The average Bonchev–Trinajstić information content (AvgIpc) is 2.84. The van der Waals surface area contributed by atoms with E-state index in [-0.39, 0.29) is 11.8 Å². The molecule has 1 aliphatic carbocycles. The first-order valence-corrected chi connectivity index (χ1v) is 8.47. The van der Waals surface area contributed by atoms with E-state index in [9.17, 15) is 4.79 Å². The summed E-state index contributed by atoms with van der Waals surface area (Å²) in [5.41, 5.74) is 5.11. The van der Waals surface area contributed by atoms with Crippen molar-refractivity contribution in [2.24, 2.45) is 11.7 Å². The minimum absolute atomic E-state index is 0.0339. The van der Waals surface area contributed by atoms with Gasteiger partial charge in [-0.2, -0.15) is 4.98 Å². The van der Waals surface area contributed by atoms with E-state index in [0.29, 0.717) is 24.8 Å². The molecular weight excluding hydrogens is 294 g/mol. The molecule has 1 heterocycles. The smallest absolute Gasteiger partial charge is 0.240 e. The van der Waals surface area contributed by atoms with Gasteiger partial charge in [0, 0.05) is 12.5 Å². The highest BCUT2D eigenvalue weighted by atomic mass is 16.5. The van der Waals surface area contributed by atoms with E-state index in [1.165, 1.54) is 12.8 Å². The van der Waals surface area contributed by atoms with Crippen LogP contribution in [0.2, 0.25) is 0 Å². The zero-order chi connectivity index (χ0) is 16.9. The average molecular weight is 323 g/mol. The molecular formula is C16H29N5O2. The summed E-state index contributed by atoms with van der Waals surface area (Å²) in [5, 5.41) is 7.37. The molecule has 1 aromatic rings. The minimum atomic E-state index is -0.523. The van der Waals surface area contributed by atoms with Gasteiger partial charge in [0.15, 0.2) is 5.82 Å². The molecule has 7 heteroatoms. The molecule has 0 radical (unpaired) electrons. The molecule has 0 bridgehead atoms. The topological polar surface area (TPSA) is 97.3 Å². The van der Waals surface area contributed by atoms with Crippen LogP contribution in [-0.4, -0.2) is 41.6 Å². The lowest BCUT2D eigenvalue weighted by atomic mass is 9.88. The fraction of sp³-hybridized carbons (Fsp3) is 0.812. The van der Waals surface area contributed by atoms with E-state index in [1.54, 1.807) is 0 Å². The number of nitrogens with zero attached hydrogens (tertiary/aromatic N) is 3. The molecule has 1 amide bonds. The Labute approximate surface area is 138 Å². The molecule has 0 aliphatic heterocycles. The van der Waals surface area contributed by atoms with Gasteiger partial charge in [0.1, 0.15) is 5.54 Å². The Morgan fingerprint density at radius 2 is 2.00 bits per heavy atom. The third-order valence-corrected chi connectivity index (χ3v) is 4.47. The SMILES string of the molecule is CC(CN)C(=O)NC1(c2noc(CN(C)C)n2)CCCCCC1. The second-order valence-electron chi connectivity index (χ2n) is 6.87. The number of hydrogen-bond donors (Lipinski definition) is 2. The van der Waals surface area contributed by atoms with Gasteiger partial charge in [0.05, 0.1) is 6.54 Å². The Hall–Kier alpha value is -1.47. The van der Waals surface area contributed by atoms with Crippen LogP contribution in [-0.2, 0) is 16.9 Å². The molecule has 0 aromatic carbocycles. The van der Waals surface area contributed by atoms with Crippen LogP contribution in [0.15, 0.2) is 4.52 Å². The summed E-state index contributed by atoms with van der Waals surface area (Å²) in [7, 11) is 3.91. The molecule has 1 aromatic heterocycles. The van der Waals surface area contributed by atoms with Gasteiger partial charge in [0.25, 0.3) is 0 Å². The summed E-state index contributed by atoms with van der Waals surface area (Å²) < 4.78 is 5.38. The summed E-state index contributed by atoms with van der Waals surface area (Å²) in [6.45, 7) is 2.77. The van der Waals surface area contributed by atoms with Crippen molar-refractivity contribution in [3.63, 3.8) is 0 Å². The molecule has 1 unspecified atom stereocenters. The number of nitrogens with two attached hydrogens (primary N) is 1. The molecule has 3 N–H and O–H groups in total. The van der Waals surface area contributed by atoms with E-state index in [2.05, 4.69) is 15.5 Å². The third-order valence-electron chi connectivity index (χ3n) is 4.47. The lowest BCUT2D eigenvalue weighted by Crippen LogP contribution is -2.49. The van der Waals surface area contributed by atoms with Gasteiger partial charge in [-0.1, -0.05) is 37.8 Å². The van der Waals surface area contributed by atoms with E-state index in [1.807, 2.05) is 25.9 Å². The van der Waals surface area contributed by atoms with Gasteiger partial charge >= 0.3 is 0 Å².